The molecule has 0 saturated heterocycles. The van der Waals surface area contributed by atoms with Gasteiger partial charge in [-0.2, -0.15) is 0 Å². The van der Waals surface area contributed by atoms with Crippen molar-refractivity contribution in [1.82, 2.24) is 0 Å². The summed E-state index contributed by atoms with van der Waals surface area (Å²) in [7, 11) is -4.36. The highest BCUT2D eigenvalue weighted by Crippen LogP contribution is 2.43. The maximum Gasteiger partial charge on any atom is 0.472 e. The average Bonchev–Trinajstić information content (AvgIpc) is 3.05. The molecule has 0 amide bonds. The van der Waals surface area contributed by atoms with Crippen LogP contribution in [0.25, 0.3) is 0 Å². The van der Waals surface area contributed by atoms with Crippen LogP contribution in [0, 0.1) is 0 Å². The van der Waals surface area contributed by atoms with Crippen LogP contribution < -0.4 is 5.73 Å². The van der Waals surface area contributed by atoms with E-state index in [0.29, 0.717) is 6.42 Å². The third-order valence-electron chi connectivity index (χ3n) is 8.15. The first kappa shape index (κ1) is 45.8. The fourth-order valence-electron chi connectivity index (χ4n) is 5.28. The van der Waals surface area contributed by atoms with Crippen molar-refractivity contribution in [3.8, 4) is 0 Å². The molecule has 0 saturated carbocycles. The van der Waals surface area contributed by atoms with Crippen molar-refractivity contribution in [2.75, 3.05) is 26.4 Å². The Balaban J connectivity index is 4.20. The number of esters is 2. The molecule has 0 aromatic heterocycles. The molecular weight excluding hydrogens is 617 g/mol. The maximum absolute atomic E-state index is 12.5. The van der Waals surface area contributed by atoms with E-state index in [9.17, 15) is 19.0 Å². The second-order valence-electron chi connectivity index (χ2n) is 12.8. The quantitative estimate of drug-likeness (QED) is 0.0285. The number of allylic oxidation sites excluding steroid dienone is 2. The molecule has 0 heterocycles. The van der Waals surface area contributed by atoms with Crippen molar-refractivity contribution in [2.45, 2.75) is 187 Å². The van der Waals surface area contributed by atoms with Crippen LogP contribution in [0.5, 0.6) is 0 Å². The Morgan fingerprint density at radius 3 is 1.51 bits per heavy atom. The summed E-state index contributed by atoms with van der Waals surface area (Å²) in [5.74, 6) is -0.834. The first-order valence-electron chi connectivity index (χ1n) is 19.2. The standard InChI is InChI=1S/C37H72NO8P/c1-3-5-7-9-11-13-15-16-17-18-20-21-23-25-27-29-36(39)43-33-35(34-45-47(41,42)44-32-31-38)46-37(40)30-28-26-24-22-19-14-12-10-8-6-4-2/h16-17,35H,3-15,18-34,38H2,1-2H3,(H,41,42)/b17-16+/t35-/m1/s1. The molecule has 2 atom stereocenters. The van der Waals surface area contributed by atoms with Gasteiger partial charge in [-0.3, -0.25) is 18.6 Å². The molecule has 0 aliphatic rings. The molecule has 0 aliphatic carbocycles. The molecule has 9 nitrogen and oxygen atoms in total. The predicted molar refractivity (Wildman–Crippen MR) is 192 cm³/mol. The van der Waals surface area contributed by atoms with Crippen molar-refractivity contribution < 1.29 is 37.6 Å². The zero-order chi connectivity index (χ0) is 34.7. The Morgan fingerprint density at radius 2 is 1.04 bits per heavy atom. The third kappa shape index (κ3) is 34.4. The number of unbranched alkanes of at least 4 members (excludes halogenated alkanes) is 21. The summed E-state index contributed by atoms with van der Waals surface area (Å²) < 4.78 is 32.6. The molecule has 3 N–H and O–H groups in total. The van der Waals surface area contributed by atoms with Crippen LogP contribution in [0.1, 0.15) is 181 Å². The summed E-state index contributed by atoms with van der Waals surface area (Å²) in [6, 6.07) is 0. The van der Waals surface area contributed by atoms with E-state index in [4.69, 9.17) is 24.3 Å². The highest BCUT2D eigenvalue weighted by atomic mass is 31.2. The number of carbonyl (C=O) groups is 2. The summed E-state index contributed by atoms with van der Waals surface area (Å²) in [5.41, 5.74) is 5.33. The van der Waals surface area contributed by atoms with Gasteiger partial charge in [0, 0.05) is 19.4 Å². The highest BCUT2D eigenvalue weighted by Gasteiger charge is 2.25. The molecule has 0 aromatic carbocycles. The Kier molecular flexibility index (Phi) is 33.7. The Labute approximate surface area is 288 Å². The molecule has 0 radical (unpaired) electrons. The normalized spacial score (nSPS) is 13.5. The van der Waals surface area contributed by atoms with E-state index < -0.39 is 26.5 Å². The van der Waals surface area contributed by atoms with Gasteiger partial charge in [-0.15, -0.1) is 0 Å². The summed E-state index contributed by atoms with van der Waals surface area (Å²) in [4.78, 5) is 34.6. The zero-order valence-electron chi connectivity index (χ0n) is 30.3. The van der Waals surface area contributed by atoms with Gasteiger partial charge in [-0.05, 0) is 38.5 Å². The molecule has 10 heteroatoms. The summed E-state index contributed by atoms with van der Waals surface area (Å²) >= 11 is 0. The molecular formula is C37H72NO8P. The lowest BCUT2D eigenvalue weighted by Crippen LogP contribution is -2.29. The van der Waals surface area contributed by atoms with Gasteiger partial charge in [-0.1, -0.05) is 142 Å². The van der Waals surface area contributed by atoms with Crippen molar-refractivity contribution in [3.63, 3.8) is 0 Å². The maximum atomic E-state index is 12.5. The molecule has 0 rings (SSSR count). The van der Waals surface area contributed by atoms with Crippen LogP contribution in [-0.4, -0.2) is 49.3 Å². The molecule has 0 aliphatic heterocycles. The van der Waals surface area contributed by atoms with Crippen LogP contribution in [-0.2, 0) is 32.7 Å². The van der Waals surface area contributed by atoms with Gasteiger partial charge < -0.3 is 20.1 Å². The number of nitrogens with two attached hydrogens (primary N) is 1. The van der Waals surface area contributed by atoms with Gasteiger partial charge in [0.15, 0.2) is 6.10 Å². The van der Waals surface area contributed by atoms with Crippen molar-refractivity contribution >= 4 is 19.8 Å². The number of phosphoric acid groups is 1. The van der Waals surface area contributed by atoms with Gasteiger partial charge in [0.25, 0.3) is 0 Å². The number of ether oxygens (including phenoxy) is 2. The van der Waals surface area contributed by atoms with Gasteiger partial charge in [-0.25, -0.2) is 4.57 Å². The monoisotopic (exact) mass is 689 g/mol. The first-order chi connectivity index (χ1) is 22.8. The lowest BCUT2D eigenvalue weighted by atomic mass is 10.1. The molecule has 0 spiro atoms. The Morgan fingerprint density at radius 1 is 0.617 bits per heavy atom. The third-order valence-corrected chi connectivity index (χ3v) is 9.14. The minimum absolute atomic E-state index is 0.0548. The van der Waals surface area contributed by atoms with Crippen LogP contribution in [0.4, 0.5) is 0 Å². The lowest BCUT2D eigenvalue weighted by Gasteiger charge is -2.19. The minimum atomic E-state index is -4.36. The number of carbonyl (C=O) groups excluding carboxylic acids is 2. The van der Waals surface area contributed by atoms with Gasteiger partial charge in [0.1, 0.15) is 6.61 Å². The fraction of sp³-hybridized carbons (Fsp3) is 0.892. The van der Waals surface area contributed by atoms with Gasteiger partial charge in [0.05, 0.1) is 13.2 Å². The number of rotatable bonds is 36. The van der Waals surface area contributed by atoms with Crippen LogP contribution in [0.3, 0.4) is 0 Å². The van der Waals surface area contributed by atoms with Crippen molar-refractivity contribution in [1.29, 1.82) is 0 Å². The SMILES string of the molecule is CCCCCCCC/C=C/CCCCCCCC(=O)OC[C@H](COP(=O)(O)OCCN)OC(=O)CCCCCCCCCCCCC. The summed E-state index contributed by atoms with van der Waals surface area (Å²) in [6.07, 6.45) is 32.4. The summed E-state index contributed by atoms with van der Waals surface area (Å²) in [5, 5.41) is 0. The predicted octanol–water partition coefficient (Wildman–Crippen LogP) is 10.3. The van der Waals surface area contributed by atoms with Gasteiger partial charge >= 0.3 is 19.8 Å². The molecule has 47 heavy (non-hydrogen) atoms. The average molecular weight is 690 g/mol. The number of hydrogen-bond donors (Lipinski definition) is 2. The zero-order valence-corrected chi connectivity index (χ0v) is 31.2. The van der Waals surface area contributed by atoms with Gasteiger partial charge in [0.2, 0.25) is 0 Å². The van der Waals surface area contributed by atoms with E-state index in [1.165, 1.54) is 96.3 Å². The van der Waals surface area contributed by atoms with Crippen LogP contribution in [0.2, 0.25) is 0 Å². The Bertz CT molecular complexity index is 794. The molecule has 0 bridgehead atoms. The lowest BCUT2D eigenvalue weighted by molar-refractivity contribution is -0.161. The largest absolute Gasteiger partial charge is 0.472 e. The summed E-state index contributed by atoms with van der Waals surface area (Å²) in [6.45, 7) is 3.71. The number of phosphoric ester groups is 1. The van der Waals surface area contributed by atoms with Crippen molar-refractivity contribution in [2.24, 2.45) is 5.73 Å². The van der Waals surface area contributed by atoms with Crippen LogP contribution in [0.15, 0.2) is 12.2 Å². The van der Waals surface area contributed by atoms with Crippen LogP contribution >= 0.6 is 7.82 Å². The Hall–Kier alpha value is -1.25. The van der Waals surface area contributed by atoms with E-state index in [0.717, 1.165) is 51.4 Å². The topological polar surface area (TPSA) is 134 Å². The second kappa shape index (κ2) is 34.6. The molecule has 278 valence electrons. The first-order valence-corrected chi connectivity index (χ1v) is 20.7. The second-order valence-corrected chi connectivity index (χ2v) is 14.3. The highest BCUT2D eigenvalue weighted by molar-refractivity contribution is 7.47. The molecule has 1 unspecified atom stereocenters. The fourth-order valence-corrected chi connectivity index (χ4v) is 6.04. The van der Waals surface area contributed by atoms with E-state index in [2.05, 4.69) is 26.0 Å². The van der Waals surface area contributed by atoms with E-state index in [1.807, 2.05) is 0 Å². The van der Waals surface area contributed by atoms with Crippen molar-refractivity contribution in [3.05, 3.63) is 12.2 Å². The van der Waals surface area contributed by atoms with E-state index >= 15 is 0 Å². The van der Waals surface area contributed by atoms with E-state index in [-0.39, 0.29) is 38.6 Å². The number of hydrogen-bond acceptors (Lipinski definition) is 8. The molecule has 0 fully saturated rings. The smallest absolute Gasteiger partial charge is 0.462 e. The minimum Gasteiger partial charge on any atom is -0.462 e. The molecule has 0 aromatic rings. The van der Waals surface area contributed by atoms with E-state index in [1.54, 1.807) is 0 Å².